The number of nitrogens with zero attached hydrogens (tertiary/aromatic N) is 1. The highest BCUT2D eigenvalue weighted by Gasteiger charge is 2.26. The van der Waals surface area contributed by atoms with E-state index in [-0.39, 0.29) is 0 Å². The van der Waals surface area contributed by atoms with E-state index in [4.69, 9.17) is 11.5 Å². The molecule has 84 valence electrons. The fraction of sp³-hybridized carbons (Fsp3) is 0.0714. The molecular formula is C14H13N3. The molecule has 1 atom stereocenters. The van der Waals surface area contributed by atoms with Crippen molar-refractivity contribution in [3.8, 4) is 0 Å². The van der Waals surface area contributed by atoms with Crippen LogP contribution in [0.1, 0.15) is 5.56 Å². The monoisotopic (exact) mass is 223 g/mol. The van der Waals surface area contributed by atoms with E-state index >= 15 is 0 Å². The average Bonchev–Trinajstić information content (AvgIpc) is 2.70. The van der Waals surface area contributed by atoms with Crippen molar-refractivity contribution in [2.45, 2.75) is 5.66 Å². The summed E-state index contributed by atoms with van der Waals surface area (Å²) in [4.78, 5) is 4.56. The second kappa shape index (κ2) is 3.43. The van der Waals surface area contributed by atoms with Gasteiger partial charge in [-0.2, -0.15) is 0 Å². The van der Waals surface area contributed by atoms with E-state index in [1.165, 1.54) is 0 Å². The first-order valence-corrected chi connectivity index (χ1v) is 5.51. The predicted molar refractivity (Wildman–Crippen MR) is 68.4 cm³/mol. The molecule has 1 aliphatic rings. The maximum absolute atomic E-state index is 6.32. The zero-order chi connectivity index (χ0) is 11.9. The number of rotatable bonds is 1. The van der Waals surface area contributed by atoms with Crippen LogP contribution in [0, 0.1) is 0 Å². The van der Waals surface area contributed by atoms with Crippen molar-refractivity contribution in [2.75, 3.05) is 5.73 Å². The molecule has 0 aromatic heterocycles. The van der Waals surface area contributed by atoms with Crippen LogP contribution in [-0.2, 0) is 5.66 Å². The molecule has 2 aromatic rings. The summed E-state index contributed by atoms with van der Waals surface area (Å²) in [6, 6.07) is 15.5. The van der Waals surface area contributed by atoms with Gasteiger partial charge in [0.15, 0.2) is 5.66 Å². The predicted octanol–water partition coefficient (Wildman–Crippen LogP) is 0.494. The highest BCUT2D eigenvalue weighted by Crippen LogP contribution is 2.22. The Hall–Kier alpha value is -2.13. The summed E-state index contributed by atoms with van der Waals surface area (Å²) in [5.74, 6) is 0. The Bertz CT molecular complexity index is 676. The highest BCUT2D eigenvalue weighted by molar-refractivity contribution is 5.54. The molecule has 1 aliphatic heterocycles. The third kappa shape index (κ3) is 1.52. The molecule has 4 N–H and O–H groups in total. The molecule has 0 fully saturated rings. The quantitative estimate of drug-likeness (QED) is 0.691. The first kappa shape index (κ1) is 10.1. The molecular weight excluding hydrogens is 210 g/mol. The Kier molecular flexibility index (Phi) is 2.03. The van der Waals surface area contributed by atoms with Crippen molar-refractivity contribution < 1.29 is 0 Å². The number of anilines is 1. The van der Waals surface area contributed by atoms with E-state index in [0.29, 0.717) is 0 Å². The van der Waals surface area contributed by atoms with Crippen LogP contribution in [0.15, 0.2) is 53.5 Å². The van der Waals surface area contributed by atoms with Gasteiger partial charge in [0.1, 0.15) is 0 Å². The second-order valence-electron chi connectivity index (χ2n) is 4.23. The van der Waals surface area contributed by atoms with E-state index in [0.717, 1.165) is 21.8 Å². The van der Waals surface area contributed by atoms with Crippen LogP contribution in [0.5, 0.6) is 0 Å². The fourth-order valence-electron chi connectivity index (χ4n) is 2.13. The molecule has 3 heteroatoms. The van der Waals surface area contributed by atoms with Crippen LogP contribution < -0.4 is 22.0 Å². The number of hydrogen-bond acceptors (Lipinski definition) is 3. The van der Waals surface area contributed by atoms with Crippen molar-refractivity contribution in [1.29, 1.82) is 0 Å². The van der Waals surface area contributed by atoms with Crippen LogP contribution in [0.3, 0.4) is 0 Å². The van der Waals surface area contributed by atoms with Gasteiger partial charge >= 0.3 is 0 Å². The lowest BCUT2D eigenvalue weighted by Gasteiger charge is -2.18. The van der Waals surface area contributed by atoms with Crippen molar-refractivity contribution >= 4 is 11.8 Å². The Morgan fingerprint density at radius 2 is 1.71 bits per heavy atom. The molecule has 1 heterocycles. The maximum Gasteiger partial charge on any atom is 0.154 e. The number of fused-ring (bicyclic) bond motifs is 1. The van der Waals surface area contributed by atoms with Gasteiger partial charge in [0.2, 0.25) is 0 Å². The first-order chi connectivity index (χ1) is 8.19. The maximum atomic E-state index is 6.32. The van der Waals surface area contributed by atoms with Crippen molar-refractivity contribution in [2.24, 2.45) is 10.7 Å². The zero-order valence-electron chi connectivity index (χ0n) is 9.30. The minimum atomic E-state index is -0.793. The summed E-state index contributed by atoms with van der Waals surface area (Å²) in [7, 11) is 0. The van der Waals surface area contributed by atoms with Gasteiger partial charge in [-0.25, -0.2) is 0 Å². The largest absolute Gasteiger partial charge is 0.398 e. The Morgan fingerprint density at radius 1 is 0.941 bits per heavy atom. The van der Waals surface area contributed by atoms with Crippen molar-refractivity contribution in [3.63, 3.8) is 0 Å². The fourth-order valence-corrected chi connectivity index (χ4v) is 2.13. The van der Waals surface area contributed by atoms with Crippen molar-refractivity contribution in [3.05, 3.63) is 64.7 Å². The van der Waals surface area contributed by atoms with E-state index in [1.54, 1.807) is 0 Å². The van der Waals surface area contributed by atoms with Crippen LogP contribution >= 0.6 is 0 Å². The van der Waals surface area contributed by atoms with E-state index in [9.17, 15) is 0 Å². The van der Waals surface area contributed by atoms with Gasteiger partial charge in [-0.1, -0.05) is 36.4 Å². The number of nitrogen functional groups attached to an aromatic ring is 1. The smallest absolute Gasteiger partial charge is 0.154 e. The summed E-state index contributed by atoms with van der Waals surface area (Å²) < 4.78 is 0. The number of nitrogens with two attached hydrogens (primary N) is 2. The van der Waals surface area contributed by atoms with Gasteiger partial charge in [-0.3, -0.25) is 10.7 Å². The van der Waals surface area contributed by atoms with Gasteiger partial charge in [-0.15, -0.1) is 0 Å². The lowest BCUT2D eigenvalue weighted by Crippen LogP contribution is -2.30. The minimum absolute atomic E-state index is 0.717. The molecule has 3 rings (SSSR count). The zero-order valence-corrected chi connectivity index (χ0v) is 9.30. The average molecular weight is 223 g/mol. The SMILES string of the molecule is Nc1cccc2c1=CC(N)(c1ccccc1)N=2. The minimum Gasteiger partial charge on any atom is -0.398 e. The van der Waals surface area contributed by atoms with Crippen LogP contribution in [0.25, 0.3) is 6.08 Å². The normalized spacial score (nSPS) is 21.5. The summed E-state index contributed by atoms with van der Waals surface area (Å²) in [5, 5.41) is 1.79. The molecule has 2 aromatic carbocycles. The summed E-state index contributed by atoms with van der Waals surface area (Å²) in [5.41, 5.74) is 13.1. The summed E-state index contributed by atoms with van der Waals surface area (Å²) in [6.45, 7) is 0. The molecule has 0 spiro atoms. The topological polar surface area (TPSA) is 64.4 Å². The Morgan fingerprint density at radius 3 is 2.41 bits per heavy atom. The molecule has 0 saturated carbocycles. The van der Waals surface area contributed by atoms with E-state index in [2.05, 4.69) is 4.99 Å². The Labute approximate surface area is 99.1 Å². The molecule has 0 amide bonds. The van der Waals surface area contributed by atoms with Gasteiger partial charge in [-0.05, 0) is 23.8 Å². The molecule has 3 nitrogen and oxygen atoms in total. The van der Waals surface area contributed by atoms with Gasteiger partial charge in [0, 0.05) is 10.9 Å². The molecule has 0 saturated heterocycles. The van der Waals surface area contributed by atoms with E-state index in [1.807, 2.05) is 54.6 Å². The molecule has 0 radical (unpaired) electrons. The highest BCUT2D eigenvalue weighted by atomic mass is 15.0. The Balaban J connectivity index is 2.25. The molecule has 0 bridgehead atoms. The summed E-state index contributed by atoms with van der Waals surface area (Å²) >= 11 is 0. The van der Waals surface area contributed by atoms with Crippen LogP contribution in [0.2, 0.25) is 0 Å². The molecule has 1 unspecified atom stereocenters. The third-order valence-electron chi connectivity index (χ3n) is 3.02. The second-order valence-corrected chi connectivity index (χ2v) is 4.23. The van der Waals surface area contributed by atoms with Gasteiger partial charge in [0.05, 0.1) is 5.36 Å². The van der Waals surface area contributed by atoms with Gasteiger partial charge in [0.25, 0.3) is 0 Å². The molecule has 17 heavy (non-hydrogen) atoms. The number of hydrogen-bond donors (Lipinski definition) is 2. The standard InChI is InChI=1S/C14H13N3/c15-12-7-4-8-13-11(12)9-14(16,17-13)10-5-2-1-3-6-10/h1-9H,15-16H2. The third-order valence-corrected chi connectivity index (χ3v) is 3.02. The van der Waals surface area contributed by atoms with Crippen LogP contribution in [-0.4, -0.2) is 0 Å². The number of benzene rings is 2. The lowest BCUT2D eigenvalue weighted by molar-refractivity contribution is 0.629. The lowest BCUT2D eigenvalue weighted by atomic mass is 10.0. The van der Waals surface area contributed by atoms with Crippen molar-refractivity contribution in [1.82, 2.24) is 0 Å². The first-order valence-electron chi connectivity index (χ1n) is 5.51. The van der Waals surface area contributed by atoms with E-state index < -0.39 is 5.66 Å². The van der Waals surface area contributed by atoms with Crippen LogP contribution in [0.4, 0.5) is 5.69 Å². The summed E-state index contributed by atoms with van der Waals surface area (Å²) in [6.07, 6.45) is 1.92. The van der Waals surface area contributed by atoms with Gasteiger partial charge < -0.3 is 5.73 Å². The molecule has 0 aliphatic carbocycles.